The van der Waals surface area contributed by atoms with E-state index in [2.05, 4.69) is 15.2 Å². The molecule has 3 aromatic rings. The van der Waals surface area contributed by atoms with E-state index < -0.39 is 23.4 Å². The standard InChI is InChI=1S/C19H14F3N3O3/c1-12-11-16(26)17(24-25(12)14-5-3-2-4-6-14)18(27)23-13-7-9-15(10-8-13)28-19(20,21)22/h2-11H,1H3,(H,23,27). The molecule has 0 aliphatic heterocycles. The van der Waals surface area contributed by atoms with E-state index in [9.17, 15) is 22.8 Å². The van der Waals surface area contributed by atoms with Crippen molar-refractivity contribution in [1.29, 1.82) is 0 Å². The quantitative estimate of drug-likeness (QED) is 0.739. The van der Waals surface area contributed by atoms with Crippen LogP contribution in [0.25, 0.3) is 5.69 Å². The Morgan fingerprint density at radius 3 is 2.32 bits per heavy atom. The van der Waals surface area contributed by atoms with Gasteiger partial charge in [-0.05, 0) is 43.3 Å². The molecule has 1 amide bonds. The molecule has 0 unspecified atom stereocenters. The smallest absolute Gasteiger partial charge is 0.406 e. The lowest BCUT2D eigenvalue weighted by atomic mass is 10.2. The van der Waals surface area contributed by atoms with Gasteiger partial charge in [0.15, 0.2) is 5.69 Å². The third-order valence-corrected chi connectivity index (χ3v) is 3.67. The van der Waals surface area contributed by atoms with Crippen molar-refractivity contribution in [3.8, 4) is 11.4 Å². The molecule has 1 N–H and O–H groups in total. The summed E-state index contributed by atoms with van der Waals surface area (Å²) in [6.07, 6.45) is -4.81. The van der Waals surface area contributed by atoms with Gasteiger partial charge >= 0.3 is 6.36 Å². The van der Waals surface area contributed by atoms with E-state index in [1.807, 2.05) is 6.07 Å². The topological polar surface area (TPSA) is 73.2 Å². The first-order valence-electron chi connectivity index (χ1n) is 8.06. The van der Waals surface area contributed by atoms with Crippen LogP contribution in [0.5, 0.6) is 5.75 Å². The summed E-state index contributed by atoms with van der Waals surface area (Å²) in [6, 6.07) is 14.8. The first-order chi connectivity index (χ1) is 13.2. The highest BCUT2D eigenvalue weighted by Gasteiger charge is 2.31. The molecule has 0 fully saturated rings. The average molecular weight is 389 g/mol. The van der Waals surface area contributed by atoms with Crippen molar-refractivity contribution >= 4 is 11.6 Å². The first-order valence-corrected chi connectivity index (χ1v) is 8.06. The minimum Gasteiger partial charge on any atom is -0.406 e. The predicted octanol–water partition coefficient (Wildman–Crippen LogP) is 3.69. The van der Waals surface area contributed by atoms with E-state index in [4.69, 9.17) is 0 Å². The van der Waals surface area contributed by atoms with E-state index in [0.29, 0.717) is 11.4 Å². The molecule has 1 aromatic heterocycles. The lowest BCUT2D eigenvalue weighted by Crippen LogP contribution is -2.26. The van der Waals surface area contributed by atoms with Crippen LogP contribution in [0.2, 0.25) is 0 Å². The number of hydrogen-bond donors (Lipinski definition) is 1. The van der Waals surface area contributed by atoms with Crippen molar-refractivity contribution in [2.75, 3.05) is 5.32 Å². The number of halogens is 3. The van der Waals surface area contributed by atoms with Crippen LogP contribution in [0, 0.1) is 6.92 Å². The molecule has 0 saturated heterocycles. The van der Waals surface area contributed by atoms with E-state index in [0.717, 1.165) is 12.1 Å². The van der Waals surface area contributed by atoms with E-state index >= 15 is 0 Å². The number of nitrogens with zero attached hydrogens (tertiary/aromatic N) is 2. The second-order valence-electron chi connectivity index (χ2n) is 5.77. The van der Waals surface area contributed by atoms with Crippen LogP contribution in [-0.4, -0.2) is 22.1 Å². The fraction of sp³-hybridized carbons (Fsp3) is 0.105. The zero-order valence-electron chi connectivity index (χ0n) is 14.5. The number of hydrogen-bond acceptors (Lipinski definition) is 4. The van der Waals surface area contributed by atoms with Gasteiger partial charge < -0.3 is 10.1 Å². The SMILES string of the molecule is Cc1cc(=O)c(C(=O)Nc2ccc(OC(F)(F)F)cc2)nn1-c1ccccc1. The largest absolute Gasteiger partial charge is 0.573 e. The van der Waals surface area contributed by atoms with Crippen LogP contribution in [0.4, 0.5) is 18.9 Å². The number of aryl methyl sites for hydroxylation is 1. The van der Waals surface area contributed by atoms with Gasteiger partial charge in [-0.15, -0.1) is 13.2 Å². The lowest BCUT2D eigenvalue weighted by Gasteiger charge is -2.12. The van der Waals surface area contributed by atoms with Crippen molar-refractivity contribution in [1.82, 2.24) is 9.78 Å². The van der Waals surface area contributed by atoms with E-state index in [1.165, 1.54) is 22.9 Å². The summed E-state index contributed by atoms with van der Waals surface area (Å²) >= 11 is 0. The van der Waals surface area contributed by atoms with Gasteiger partial charge in [0.05, 0.1) is 5.69 Å². The fourth-order valence-electron chi connectivity index (χ4n) is 2.47. The van der Waals surface area contributed by atoms with Crippen molar-refractivity contribution in [2.45, 2.75) is 13.3 Å². The maximum absolute atomic E-state index is 12.4. The van der Waals surface area contributed by atoms with Crippen molar-refractivity contribution in [2.24, 2.45) is 0 Å². The predicted molar refractivity (Wildman–Crippen MR) is 95.6 cm³/mol. The van der Waals surface area contributed by atoms with E-state index in [1.54, 1.807) is 31.2 Å². The van der Waals surface area contributed by atoms with E-state index in [-0.39, 0.29) is 11.4 Å². The number of nitrogens with one attached hydrogen (secondary N) is 1. The number of carbonyl (C=O) groups excluding carboxylic acids is 1. The Morgan fingerprint density at radius 1 is 1.07 bits per heavy atom. The minimum absolute atomic E-state index is 0.188. The number of ether oxygens (including phenoxy) is 1. The fourth-order valence-corrected chi connectivity index (χ4v) is 2.47. The molecule has 3 rings (SSSR count). The van der Waals surface area contributed by atoms with Gasteiger partial charge in [-0.3, -0.25) is 9.59 Å². The Labute approximate surface area is 157 Å². The number of para-hydroxylation sites is 1. The molecule has 0 aliphatic carbocycles. The molecule has 0 atom stereocenters. The normalized spacial score (nSPS) is 11.1. The van der Waals surface area contributed by atoms with Gasteiger partial charge in [-0.1, -0.05) is 18.2 Å². The van der Waals surface area contributed by atoms with Gasteiger partial charge in [0, 0.05) is 17.4 Å². The van der Waals surface area contributed by atoms with Gasteiger partial charge in [-0.25, -0.2) is 4.68 Å². The number of aromatic nitrogens is 2. The van der Waals surface area contributed by atoms with Crippen LogP contribution >= 0.6 is 0 Å². The van der Waals surface area contributed by atoms with Gasteiger partial charge in [0.1, 0.15) is 5.75 Å². The highest BCUT2D eigenvalue weighted by molar-refractivity contribution is 6.02. The first kappa shape index (κ1) is 19.2. The van der Waals surface area contributed by atoms with Crippen LogP contribution in [0.3, 0.4) is 0 Å². The Kier molecular flexibility index (Phi) is 5.16. The molecule has 6 nitrogen and oxygen atoms in total. The summed E-state index contributed by atoms with van der Waals surface area (Å²) in [6.45, 7) is 1.68. The summed E-state index contributed by atoms with van der Waals surface area (Å²) in [5.74, 6) is -1.20. The second kappa shape index (κ2) is 7.55. The zero-order valence-corrected chi connectivity index (χ0v) is 14.5. The molecule has 1 heterocycles. The van der Waals surface area contributed by atoms with Crippen LogP contribution < -0.4 is 15.5 Å². The number of benzene rings is 2. The summed E-state index contributed by atoms with van der Waals surface area (Å²) in [7, 11) is 0. The Bertz CT molecular complexity index is 1050. The van der Waals surface area contributed by atoms with Gasteiger partial charge in [-0.2, -0.15) is 5.10 Å². The van der Waals surface area contributed by atoms with Crippen molar-refractivity contribution in [3.63, 3.8) is 0 Å². The lowest BCUT2D eigenvalue weighted by molar-refractivity contribution is -0.274. The molecule has 0 spiro atoms. The number of rotatable bonds is 4. The number of carbonyl (C=O) groups is 1. The highest BCUT2D eigenvalue weighted by atomic mass is 19.4. The Hall–Kier alpha value is -3.62. The zero-order chi connectivity index (χ0) is 20.3. The summed E-state index contributed by atoms with van der Waals surface area (Å²) < 4.78 is 41.8. The number of alkyl halides is 3. The minimum atomic E-state index is -4.81. The molecule has 28 heavy (non-hydrogen) atoms. The van der Waals surface area contributed by atoms with Crippen molar-refractivity contribution < 1.29 is 22.7 Å². The molecule has 0 radical (unpaired) electrons. The monoisotopic (exact) mass is 389 g/mol. The molecule has 9 heteroatoms. The second-order valence-corrected chi connectivity index (χ2v) is 5.77. The molecule has 144 valence electrons. The highest BCUT2D eigenvalue weighted by Crippen LogP contribution is 2.24. The number of anilines is 1. The van der Waals surface area contributed by atoms with Crippen molar-refractivity contribution in [3.05, 3.63) is 82.3 Å². The average Bonchev–Trinajstić information content (AvgIpc) is 2.63. The van der Waals surface area contributed by atoms with Crippen LogP contribution in [0.1, 0.15) is 16.2 Å². The summed E-state index contributed by atoms with van der Waals surface area (Å²) in [5, 5.41) is 6.56. The summed E-state index contributed by atoms with van der Waals surface area (Å²) in [4.78, 5) is 24.6. The molecule has 0 saturated carbocycles. The van der Waals surface area contributed by atoms with Gasteiger partial charge in [0.25, 0.3) is 5.91 Å². The van der Waals surface area contributed by atoms with Crippen LogP contribution in [0.15, 0.2) is 65.5 Å². The maximum atomic E-state index is 12.4. The summed E-state index contributed by atoms with van der Waals surface area (Å²) in [5.41, 5.74) is 0.487. The third kappa shape index (κ3) is 4.56. The van der Waals surface area contributed by atoms with Gasteiger partial charge in [0.2, 0.25) is 5.43 Å². The maximum Gasteiger partial charge on any atom is 0.573 e. The number of amides is 1. The molecule has 0 aliphatic rings. The Morgan fingerprint density at radius 2 is 1.71 bits per heavy atom. The third-order valence-electron chi connectivity index (χ3n) is 3.67. The molecular formula is C19H14F3N3O3. The molecular weight excluding hydrogens is 375 g/mol. The molecule has 0 bridgehead atoms. The molecule has 2 aromatic carbocycles. The van der Waals surface area contributed by atoms with Crippen LogP contribution in [-0.2, 0) is 0 Å². The Balaban J connectivity index is 1.84.